The summed E-state index contributed by atoms with van der Waals surface area (Å²) in [7, 11) is 0. The van der Waals surface area contributed by atoms with Crippen molar-refractivity contribution >= 4 is 51.5 Å². The zero-order chi connectivity index (χ0) is 22.4. The molecule has 2 aromatic rings. The maximum Gasteiger partial charge on any atom is 0.255 e. The number of hydrogen-bond acceptors (Lipinski definition) is 5. The number of carbonyl (C=O) groups is 1. The SMILES string of the molecule is CCOc1cc([C@H]2NC(=S)NC(C)=C2C(=O)Nc2ccccc2)cc(I)c1OCC#N. The Balaban J connectivity index is 2.02. The van der Waals surface area contributed by atoms with E-state index in [0.717, 1.165) is 9.13 Å². The number of nitrogens with zero attached hydrogens (tertiary/aromatic N) is 1. The van der Waals surface area contributed by atoms with Gasteiger partial charge in [0.1, 0.15) is 6.07 Å². The molecule has 1 atom stereocenters. The van der Waals surface area contributed by atoms with Crippen molar-refractivity contribution in [1.29, 1.82) is 5.26 Å². The van der Waals surface area contributed by atoms with E-state index in [2.05, 4.69) is 38.5 Å². The van der Waals surface area contributed by atoms with Crippen molar-refractivity contribution in [1.82, 2.24) is 10.6 Å². The molecule has 2 aromatic carbocycles. The second-order valence-corrected chi connectivity index (χ2v) is 8.17. The smallest absolute Gasteiger partial charge is 0.255 e. The lowest BCUT2D eigenvalue weighted by atomic mass is 9.94. The number of benzene rings is 2. The molecular weight excluding hydrogens is 527 g/mol. The van der Waals surface area contributed by atoms with E-state index >= 15 is 0 Å². The van der Waals surface area contributed by atoms with E-state index in [9.17, 15) is 4.79 Å². The van der Waals surface area contributed by atoms with Gasteiger partial charge in [-0.3, -0.25) is 4.79 Å². The number of para-hydroxylation sites is 1. The van der Waals surface area contributed by atoms with Gasteiger partial charge in [-0.15, -0.1) is 0 Å². The summed E-state index contributed by atoms with van der Waals surface area (Å²) in [4.78, 5) is 13.2. The molecule has 3 rings (SSSR count). The summed E-state index contributed by atoms with van der Waals surface area (Å²) in [5.41, 5.74) is 2.67. The monoisotopic (exact) mass is 548 g/mol. The van der Waals surface area contributed by atoms with Crippen LogP contribution in [-0.4, -0.2) is 24.2 Å². The van der Waals surface area contributed by atoms with Crippen LogP contribution < -0.4 is 25.4 Å². The molecule has 7 nitrogen and oxygen atoms in total. The van der Waals surface area contributed by atoms with E-state index in [0.29, 0.717) is 40.2 Å². The van der Waals surface area contributed by atoms with E-state index in [1.807, 2.05) is 62.4 Å². The molecule has 160 valence electrons. The fraction of sp³-hybridized carbons (Fsp3) is 0.227. The largest absolute Gasteiger partial charge is 0.490 e. The van der Waals surface area contributed by atoms with E-state index in [4.69, 9.17) is 27.0 Å². The maximum atomic E-state index is 13.2. The quantitative estimate of drug-likeness (QED) is 0.356. The Bertz CT molecular complexity index is 1070. The van der Waals surface area contributed by atoms with Crippen molar-refractivity contribution in [3.63, 3.8) is 0 Å². The van der Waals surface area contributed by atoms with Crippen LogP contribution in [0.3, 0.4) is 0 Å². The molecule has 1 heterocycles. The first-order valence-electron chi connectivity index (χ1n) is 9.55. The third-order valence-electron chi connectivity index (χ3n) is 4.49. The lowest BCUT2D eigenvalue weighted by Gasteiger charge is -2.31. The normalized spacial score (nSPS) is 15.4. The number of ether oxygens (including phenoxy) is 2. The molecule has 9 heteroatoms. The summed E-state index contributed by atoms with van der Waals surface area (Å²) < 4.78 is 12.1. The number of anilines is 1. The molecule has 0 fully saturated rings. The van der Waals surface area contributed by atoms with Crippen molar-refractivity contribution < 1.29 is 14.3 Å². The van der Waals surface area contributed by atoms with Gasteiger partial charge in [-0.1, -0.05) is 18.2 Å². The predicted octanol–water partition coefficient (Wildman–Crippen LogP) is 4.02. The summed E-state index contributed by atoms with van der Waals surface area (Å²) >= 11 is 7.48. The number of rotatable bonds is 7. The molecular formula is C22H21IN4O3S. The van der Waals surface area contributed by atoms with Gasteiger partial charge in [0.05, 0.1) is 21.8 Å². The maximum absolute atomic E-state index is 13.2. The molecule has 0 aromatic heterocycles. The van der Waals surface area contributed by atoms with E-state index in [1.165, 1.54) is 0 Å². The first-order chi connectivity index (χ1) is 14.9. The summed E-state index contributed by atoms with van der Waals surface area (Å²) in [6.07, 6.45) is 0. The van der Waals surface area contributed by atoms with Gasteiger partial charge in [-0.2, -0.15) is 5.26 Å². The van der Waals surface area contributed by atoms with Crippen LogP contribution >= 0.6 is 34.8 Å². The highest BCUT2D eigenvalue weighted by Gasteiger charge is 2.31. The van der Waals surface area contributed by atoms with Crippen LogP contribution in [0.25, 0.3) is 0 Å². The molecule has 0 radical (unpaired) electrons. The highest BCUT2D eigenvalue weighted by molar-refractivity contribution is 14.1. The number of thiocarbonyl (C=S) groups is 1. The Morgan fingerprint density at radius 1 is 1.29 bits per heavy atom. The van der Waals surface area contributed by atoms with Crippen molar-refractivity contribution in [2.75, 3.05) is 18.5 Å². The Labute approximate surface area is 199 Å². The van der Waals surface area contributed by atoms with Gasteiger partial charge in [0, 0.05) is 11.4 Å². The topological polar surface area (TPSA) is 95.4 Å². The van der Waals surface area contributed by atoms with Crippen molar-refractivity contribution in [3.8, 4) is 17.6 Å². The Hall–Kier alpha value is -2.84. The van der Waals surface area contributed by atoms with Crippen LogP contribution in [0, 0.1) is 14.9 Å². The number of hydrogen-bond donors (Lipinski definition) is 3. The summed E-state index contributed by atoms with van der Waals surface area (Å²) in [5, 5.41) is 18.5. The van der Waals surface area contributed by atoms with Crippen LogP contribution in [0.15, 0.2) is 53.7 Å². The number of halogens is 1. The molecule has 0 aliphatic carbocycles. The fourth-order valence-electron chi connectivity index (χ4n) is 3.23. The molecule has 0 saturated carbocycles. The number of amides is 1. The van der Waals surface area contributed by atoms with Crippen LogP contribution in [-0.2, 0) is 4.79 Å². The molecule has 1 aliphatic rings. The van der Waals surface area contributed by atoms with Crippen molar-refractivity contribution in [2.24, 2.45) is 0 Å². The summed E-state index contributed by atoms with van der Waals surface area (Å²) in [6.45, 7) is 4.03. The van der Waals surface area contributed by atoms with E-state index in [1.54, 1.807) is 0 Å². The zero-order valence-corrected chi connectivity index (χ0v) is 20.0. The molecule has 31 heavy (non-hydrogen) atoms. The van der Waals surface area contributed by atoms with E-state index < -0.39 is 6.04 Å². The number of nitrogens with one attached hydrogen (secondary N) is 3. The second-order valence-electron chi connectivity index (χ2n) is 6.60. The highest BCUT2D eigenvalue weighted by Crippen LogP contribution is 2.38. The molecule has 1 aliphatic heterocycles. The van der Waals surface area contributed by atoms with Crippen molar-refractivity contribution in [2.45, 2.75) is 19.9 Å². The molecule has 3 N–H and O–H groups in total. The third-order valence-corrected chi connectivity index (χ3v) is 5.51. The Kier molecular flexibility index (Phi) is 7.70. The molecule has 0 bridgehead atoms. The Morgan fingerprint density at radius 3 is 2.71 bits per heavy atom. The average molecular weight is 548 g/mol. The zero-order valence-electron chi connectivity index (χ0n) is 17.0. The minimum atomic E-state index is -0.491. The van der Waals surface area contributed by atoms with Gasteiger partial charge in [0.2, 0.25) is 0 Å². The number of allylic oxidation sites excluding steroid dienone is 1. The molecule has 0 unspecified atom stereocenters. The van der Waals surface area contributed by atoms with Crippen LogP contribution in [0.2, 0.25) is 0 Å². The van der Waals surface area contributed by atoms with E-state index in [-0.39, 0.29) is 12.5 Å². The fourth-order valence-corrected chi connectivity index (χ4v) is 4.28. The van der Waals surface area contributed by atoms with Crippen LogP contribution in [0.5, 0.6) is 11.5 Å². The summed E-state index contributed by atoms with van der Waals surface area (Å²) in [6, 6.07) is 14.4. The van der Waals surface area contributed by atoms with Gasteiger partial charge in [-0.05, 0) is 78.5 Å². The van der Waals surface area contributed by atoms with Gasteiger partial charge in [-0.25, -0.2) is 0 Å². The van der Waals surface area contributed by atoms with Gasteiger partial charge in [0.15, 0.2) is 23.2 Å². The standard InChI is InChI=1S/C22H21IN4O3S/c1-3-29-17-12-14(11-16(23)20(17)30-10-9-24)19-18(13(2)25-22(31)27-19)21(28)26-15-7-5-4-6-8-15/h4-8,11-12,19H,3,10H2,1-2H3,(H,26,28)(H2,25,27,31)/t19-/m1/s1. The number of nitriles is 1. The Morgan fingerprint density at radius 2 is 2.03 bits per heavy atom. The number of carbonyl (C=O) groups excluding carboxylic acids is 1. The highest BCUT2D eigenvalue weighted by atomic mass is 127. The predicted molar refractivity (Wildman–Crippen MR) is 131 cm³/mol. The minimum absolute atomic E-state index is 0.0884. The molecule has 0 saturated heterocycles. The lowest BCUT2D eigenvalue weighted by molar-refractivity contribution is -0.113. The molecule has 0 spiro atoms. The third kappa shape index (κ3) is 5.45. The summed E-state index contributed by atoms with van der Waals surface area (Å²) in [5.74, 6) is 0.764. The van der Waals surface area contributed by atoms with Crippen LogP contribution in [0.1, 0.15) is 25.5 Å². The van der Waals surface area contributed by atoms with Crippen molar-refractivity contribution in [3.05, 3.63) is 62.9 Å². The van der Waals surface area contributed by atoms with Gasteiger partial charge in [0.25, 0.3) is 5.91 Å². The average Bonchev–Trinajstić information content (AvgIpc) is 2.73. The van der Waals surface area contributed by atoms with Crippen LogP contribution in [0.4, 0.5) is 5.69 Å². The second kappa shape index (κ2) is 10.5. The van der Waals surface area contributed by atoms with Gasteiger partial charge >= 0.3 is 0 Å². The minimum Gasteiger partial charge on any atom is -0.490 e. The lowest BCUT2D eigenvalue weighted by Crippen LogP contribution is -2.45. The first-order valence-corrected chi connectivity index (χ1v) is 11.0. The van der Waals surface area contributed by atoms with Gasteiger partial charge < -0.3 is 25.4 Å². The molecule has 1 amide bonds. The first kappa shape index (κ1) is 22.8.